The SMILES string of the molecule is CC(NCCCCCC(=O)O)C(=O)N1CCCC1. The van der Waals surface area contributed by atoms with E-state index in [1.807, 2.05) is 11.8 Å². The molecule has 0 bridgehead atoms. The van der Waals surface area contributed by atoms with Gasteiger partial charge >= 0.3 is 5.97 Å². The van der Waals surface area contributed by atoms with Gasteiger partial charge in [0, 0.05) is 19.5 Å². The molecular weight excluding hydrogens is 232 g/mol. The third-order valence-corrected chi connectivity index (χ3v) is 3.31. The van der Waals surface area contributed by atoms with Gasteiger partial charge in [-0.15, -0.1) is 0 Å². The molecule has 0 radical (unpaired) electrons. The maximum atomic E-state index is 11.9. The van der Waals surface area contributed by atoms with Crippen LogP contribution in [-0.2, 0) is 9.59 Å². The number of nitrogens with one attached hydrogen (secondary N) is 1. The number of hydrogen-bond acceptors (Lipinski definition) is 3. The van der Waals surface area contributed by atoms with Gasteiger partial charge in [0.05, 0.1) is 6.04 Å². The molecule has 2 N–H and O–H groups in total. The molecule has 0 aliphatic carbocycles. The first-order valence-corrected chi connectivity index (χ1v) is 6.85. The third-order valence-electron chi connectivity index (χ3n) is 3.31. The van der Waals surface area contributed by atoms with Crippen molar-refractivity contribution in [3.8, 4) is 0 Å². The van der Waals surface area contributed by atoms with Crippen molar-refractivity contribution in [3.63, 3.8) is 0 Å². The average molecular weight is 256 g/mol. The van der Waals surface area contributed by atoms with E-state index < -0.39 is 5.97 Å². The summed E-state index contributed by atoms with van der Waals surface area (Å²) in [6, 6.07) is -0.123. The molecule has 1 heterocycles. The van der Waals surface area contributed by atoms with E-state index in [1.165, 1.54) is 0 Å². The second kappa shape index (κ2) is 8.08. The molecule has 1 saturated heterocycles. The second-order valence-electron chi connectivity index (χ2n) is 4.91. The molecule has 5 heteroatoms. The van der Waals surface area contributed by atoms with Crippen molar-refractivity contribution in [3.05, 3.63) is 0 Å². The Hall–Kier alpha value is -1.10. The minimum absolute atomic E-state index is 0.123. The van der Waals surface area contributed by atoms with Gasteiger partial charge in [0.15, 0.2) is 0 Å². The van der Waals surface area contributed by atoms with Gasteiger partial charge in [0.25, 0.3) is 0 Å². The minimum Gasteiger partial charge on any atom is -0.481 e. The number of carboxylic acid groups (broad SMARTS) is 1. The molecular formula is C13H24N2O3. The molecule has 1 aliphatic heterocycles. The van der Waals surface area contributed by atoms with Crippen molar-refractivity contribution in [2.75, 3.05) is 19.6 Å². The number of nitrogens with zero attached hydrogens (tertiary/aromatic N) is 1. The van der Waals surface area contributed by atoms with E-state index in [9.17, 15) is 9.59 Å². The number of rotatable bonds is 8. The van der Waals surface area contributed by atoms with Crippen LogP contribution in [0.3, 0.4) is 0 Å². The van der Waals surface area contributed by atoms with Crippen LogP contribution in [0.1, 0.15) is 45.4 Å². The maximum Gasteiger partial charge on any atom is 0.303 e. The molecule has 0 saturated carbocycles. The highest BCUT2D eigenvalue weighted by molar-refractivity contribution is 5.81. The van der Waals surface area contributed by atoms with Crippen molar-refractivity contribution >= 4 is 11.9 Å². The van der Waals surface area contributed by atoms with Crippen LogP contribution < -0.4 is 5.32 Å². The van der Waals surface area contributed by atoms with E-state index >= 15 is 0 Å². The van der Waals surface area contributed by atoms with E-state index in [0.717, 1.165) is 45.3 Å². The molecule has 1 unspecified atom stereocenters. The Bertz CT molecular complexity index is 275. The smallest absolute Gasteiger partial charge is 0.303 e. The van der Waals surface area contributed by atoms with Crippen molar-refractivity contribution in [2.45, 2.75) is 51.5 Å². The first kappa shape index (κ1) is 15.0. The van der Waals surface area contributed by atoms with Gasteiger partial charge in [-0.2, -0.15) is 0 Å². The predicted octanol–water partition coefficient (Wildman–Crippen LogP) is 1.23. The van der Waals surface area contributed by atoms with Gasteiger partial charge < -0.3 is 15.3 Å². The van der Waals surface area contributed by atoms with E-state index in [1.54, 1.807) is 0 Å². The lowest BCUT2D eigenvalue weighted by atomic mass is 10.2. The molecule has 5 nitrogen and oxygen atoms in total. The first-order chi connectivity index (χ1) is 8.61. The largest absolute Gasteiger partial charge is 0.481 e. The van der Waals surface area contributed by atoms with Crippen LogP contribution in [0.15, 0.2) is 0 Å². The number of aliphatic carboxylic acids is 1. The number of carboxylic acids is 1. The van der Waals surface area contributed by atoms with Gasteiger partial charge in [-0.3, -0.25) is 9.59 Å². The normalized spacial score (nSPS) is 16.8. The van der Waals surface area contributed by atoms with Crippen LogP contribution in [0.25, 0.3) is 0 Å². The zero-order valence-electron chi connectivity index (χ0n) is 11.2. The second-order valence-corrected chi connectivity index (χ2v) is 4.91. The quantitative estimate of drug-likeness (QED) is 0.641. The van der Waals surface area contributed by atoms with Crippen LogP contribution in [0.5, 0.6) is 0 Å². The van der Waals surface area contributed by atoms with Crippen molar-refractivity contribution in [2.24, 2.45) is 0 Å². The maximum absolute atomic E-state index is 11.9. The Labute approximate surface area is 109 Å². The summed E-state index contributed by atoms with van der Waals surface area (Å²) in [6.07, 6.45) is 5.00. The Balaban J connectivity index is 2.03. The molecule has 1 fully saturated rings. The van der Waals surface area contributed by atoms with Crippen LogP contribution in [-0.4, -0.2) is 47.6 Å². The zero-order valence-corrected chi connectivity index (χ0v) is 11.2. The number of carbonyl (C=O) groups excluding carboxylic acids is 1. The number of likely N-dealkylation sites (tertiary alicyclic amines) is 1. The van der Waals surface area contributed by atoms with E-state index in [4.69, 9.17) is 5.11 Å². The third kappa shape index (κ3) is 5.49. The fourth-order valence-corrected chi connectivity index (χ4v) is 2.20. The molecule has 104 valence electrons. The lowest BCUT2D eigenvalue weighted by Gasteiger charge is -2.21. The highest BCUT2D eigenvalue weighted by Crippen LogP contribution is 2.09. The van der Waals surface area contributed by atoms with Crippen molar-refractivity contribution in [1.82, 2.24) is 10.2 Å². The molecule has 0 aromatic rings. The van der Waals surface area contributed by atoms with Gasteiger partial charge in [-0.25, -0.2) is 0 Å². The molecule has 0 aromatic heterocycles. The molecule has 1 atom stereocenters. The Morgan fingerprint density at radius 3 is 2.50 bits per heavy atom. The molecule has 0 aromatic carbocycles. The molecule has 18 heavy (non-hydrogen) atoms. The fourth-order valence-electron chi connectivity index (χ4n) is 2.20. The fraction of sp³-hybridized carbons (Fsp3) is 0.846. The summed E-state index contributed by atoms with van der Waals surface area (Å²) in [7, 11) is 0. The summed E-state index contributed by atoms with van der Waals surface area (Å²) in [4.78, 5) is 24.2. The van der Waals surface area contributed by atoms with Crippen LogP contribution in [0.4, 0.5) is 0 Å². The summed E-state index contributed by atoms with van der Waals surface area (Å²) in [6.45, 7) is 4.46. The molecule has 1 amide bonds. The van der Waals surface area contributed by atoms with Gasteiger partial charge in [0.1, 0.15) is 0 Å². The van der Waals surface area contributed by atoms with Gasteiger partial charge in [0.2, 0.25) is 5.91 Å². The van der Waals surface area contributed by atoms with Gasteiger partial charge in [-0.05, 0) is 39.2 Å². The molecule has 1 aliphatic rings. The topological polar surface area (TPSA) is 69.6 Å². The summed E-state index contributed by atoms with van der Waals surface area (Å²) >= 11 is 0. The molecule has 1 rings (SSSR count). The summed E-state index contributed by atoms with van der Waals surface area (Å²) in [5, 5.41) is 11.7. The van der Waals surface area contributed by atoms with Crippen LogP contribution in [0.2, 0.25) is 0 Å². The standard InChI is InChI=1S/C13H24N2O3/c1-11(13(18)15-9-5-6-10-15)14-8-4-2-3-7-12(16)17/h11,14H,2-10H2,1H3,(H,16,17). The molecule has 0 spiro atoms. The Kier molecular flexibility index (Phi) is 6.72. The van der Waals surface area contributed by atoms with Crippen molar-refractivity contribution < 1.29 is 14.7 Å². The highest BCUT2D eigenvalue weighted by Gasteiger charge is 2.22. The Morgan fingerprint density at radius 1 is 1.22 bits per heavy atom. The van der Waals surface area contributed by atoms with E-state index in [0.29, 0.717) is 6.42 Å². The summed E-state index contributed by atoms with van der Waals surface area (Å²) in [5.74, 6) is -0.543. The lowest BCUT2D eigenvalue weighted by Crippen LogP contribution is -2.43. The summed E-state index contributed by atoms with van der Waals surface area (Å²) in [5.41, 5.74) is 0. The zero-order chi connectivity index (χ0) is 13.4. The Morgan fingerprint density at radius 2 is 1.89 bits per heavy atom. The minimum atomic E-state index is -0.736. The first-order valence-electron chi connectivity index (χ1n) is 6.85. The van der Waals surface area contributed by atoms with Gasteiger partial charge in [-0.1, -0.05) is 6.42 Å². The van der Waals surface area contributed by atoms with Crippen molar-refractivity contribution in [1.29, 1.82) is 0 Å². The number of carbonyl (C=O) groups is 2. The number of unbranched alkanes of at least 4 members (excludes halogenated alkanes) is 2. The average Bonchev–Trinajstić information content (AvgIpc) is 2.85. The monoisotopic (exact) mass is 256 g/mol. The predicted molar refractivity (Wildman–Crippen MR) is 69.4 cm³/mol. The number of hydrogen-bond donors (Lipinski definition) is 2. The number of amides is 1. The van der Waals surface area contributed by atoms with Crippen LogP contribution >= 0.6 is 0 Å². The van der Waals surface area contributed by atoms with E-state index in [-0.39, 0.29) is 18.4 Å². The van der Waals surface area contributed by atoms with E-state index in [2.05, 4.69) is 5.32 Å². The van der Waals surface area contributed by atoms with Crippen LogP contribution in [0, 0.1) is 0 Å². The highest BCUT2D eigenvalue weighted by atomic mass is 16.4. The summed E-state index contributed by atoms with van der Waals surface area (Å²) < 4.78 is 0. The lowest BCUT2D eigenvalue weighted by molar-refractivity contribution is -0.137.